The minimum absolute atomic E-state index is 0.526. The van der Waals surface area contributed by atoms with Gasteiger partial charge in [0.1, 0.15) is 11.2 Å². The molecule has 2 aromatic rings. The van der Waals surface area contributed by atoms with Gasteiger partial charge in [-0.25, -0.2) is 0 Å². The molecule has 0 spiro atoms. The third kappa shape index (κ3) is 4.21. The van der Waals surface area contributed by atoms with Crippen molar-refractivity contribution in [3.8, 4) is 0 Å². The van der Waals surface area contributed by atoms with Crippen LogP contribution in [0.2, 0.25) is 5.02 Å². The van der Waals surface area contributed by atoms with Crippen LogP contribution in [-0.4, -0.2) is 4.55 Å². The lowest BCUT2D eigenvalue weighted by molar-refractivity contribution is 0.603. The van der Waals surface area contributed by atoms with Crippen molar-refractivity contribution in [1.29, 1.82) is 0 Å². The van der Waals surface area contributed by atoms with Crippen LogP contribution in [0.1, 0.15) is 11.1 Å². The third-order valence-electron chi connectivity index (χ3n) is 2.18. The highest BCUT2D eigenvalue weighted by Crippen LogP contribution is 2.14. The van der Waals surface area contributed by atoms with E-state index in [4.69, 9.17) is 11.6 Å². The number of hydrogen-bond acceptors (Lipinski definition) is 2. The quantitative estimate of drug-likeness (QED) is 0.766. The van der Waals surface area contributed by atoms with Crippen LogP contribution < -0.4 is 0 Å². The van der Waals surface area contributed by atoms with Crippen molar-refractivity contribution in [2.45, 2.75) is 5.75 Å². The summed E-state index contributed by atoms with van der Waals surface area (Å²) in [5.41, 5.74) is 2.13. The zero-order valence-corrected chi connectivity index (χ0v) is 11.4. The van der Waals surface area contributed by atoms with E-state index in [1.165, 1.54) is 0 Å². The van der Waals surface area contributed by atoms with Gasteiger partial charge in [0.2, 0.25) is 0 Å². The molecule has 0 amide bonds. The molecule has 1 aromatic carbocycles. The Kier molecular flexibility index (Phi) is 4.68. The SMILES string of the molecule is [O-][S+](C=Cc1ccsc1)Cc1ccc(Cl)cc1. The first-order valence-corrected chi connectivity index (χ1v) is 7.76. The molecule has 1 atom stereocenters. The molecule has 1 unspecified atom stereocenters. The summed E-state index contributed by atoms with van der Waals surface area (Å²) in [4.78, 5) is 0. The number of rotatable bonds is 4. The van der Waals surface area contributed by atoms with Crippen LogP contribution in [0.25, 0.3) is 6.08 Å². The second-order valence-corrected chi connectivity index (χ2v) is 6.05. The number of hydrogen-bond donors (Lipinski definition) is 0. The van der Waals surface area contributed by atoms with E-state index in [2.05, 4.69) is 0 Å². The van der Waals surface area contributed by atoms with Crippen molar-refractivity contribution in [3.05, 3.63) is 62.6 Å². The average molecular weight is 283 g/mol. The molecular weight excluding hydrogens is 272 g/mol. The molecule has 0 bridgehead atoms. The zero-order valence-electron chi connectivity index (χ0n) is 9.01. The van der Waals surface area contributed by atoms with Gasteiger partial charge in [0.15, 0.2) is 0 Å². The van der Waals surface area contributed by atoms with Crippen molar-refractivity contribution in [2.75, 3.05) is 0 Å². The molecule has 1 heterocycles. The summed E-state index contributed by atoms with van der Waals surface area (Å²) in [5.74, 6) is 0.526. The lowest BCUT2D eigenvalue weighted by atomic mass is 10.2. The molecule has 0 aliphatic rings. The summed E-state index contributed by atoms with van der Waals surface area (Å²) < 4.78 is 11.8. The lowest BCUT2D eigenvalue weighted by Crippen LogP contribution is -1.99. The monoisotopic (exact) mass is 282 g/mol. The standard InChI is InChI=1S/C13H11ClOS2/c14-13-3-1-12(2-4-13)10-17(15)8-6-11-5-7-16-9-11/h1-9H,10H2. The summed E-state index contributed by atoms with van der Waals surface area (Å²) in [6, 6.07) is 9.44. The van der Waals surface area contributed by atoms with E-state index in [9.17, 15) is 4.55 Å². The van der Waals surface area contributed by atoms with Crippen LogP contribution in [-0.2, 0) is 16.9 Å². The van der Waals surface area contributed by atoms with Gasteiger partial charge < -0.3 is 4.55 Å². The van der Waals surface area contributed by atoms with E-state index in [1.54, 1.807) is 16.7 Å². The maximum absolute atomic E-state index is 11.8. The van der Waals surface area contributed by atoms with Crippen molar-refractivity contribution in [2.24, 2.45) is 0 Å². The Balaban J connectivity index is 1.93. The summed E-state index contributed by atoms with van der Waals surface area (Å²) in [6.07, 6.45) is 1.89. The molecule has 0 aliphatic heterocycles. The minimum atomic E-state index is -0.981. The normalized spacial score (nSPS) is 13.1. The Morgan fingerprint density at radius 3 is 2.65 bits per heavy atom. The number of halogens is 1. The predicted octanol–water partition coefficient (Wildman–Crippen LogP) is 4.32. The minimum Gasteiger partial charge on any atom is -0.612 e. The topological polar surface area (TPSA) is 23.1 Å². The van der Waals surface area contributed by atoms with E-state index >= 15 is 0 Å². The fraction of sp³-hybridized carbons (Fsp3) is 0.0769. The first-order chi connectivity index (χ1) is 8.24. The molecule has 1 nitrogen and oxygen atoms in total. The molecule has 0 N–H and O–H groups in total. The third-order valence-corrected chi connectivity index (χ3v) is 4.19. The van der Waals surface area contributed by atoms with Crippen molar-refractivity contribution >= 4 is 40.2 Å². The number of benzene rings is 1. The Labute approximate surface area is 113 Å². The van der Waals surface area contributed by atoms with Gasteiger partial charge in [0.25, 0.3) is 0 Å². The van der Waals surface area contributed by atoms with Crippen LogP contribution in [0.4, 0.5) is 0 Å². The highest BCUT2D eigenvalue weighted by atomic mass is 35.5. The van der Waals surface area contributed by atoms with Gasteiger partial charge in [-0.2, -0.15) is 11.3 Å². The van der Waals surface area contributed by atoms with Crippen molar-refractivity contribution < 1.29 is 4.55 Å². The molecule has 1 aromatic heterocycles. The molecular formula is C13H11ClOS2. The Bertz CT molecular complexity index is 477. The second-order valence-electron chi connectivity index (χ2n) is 3.51. The molecule has 0 saturated carbocycles. The Hall–Kier alpha value is -0.740. The first kappa shape index (κ1) is 12.7. The van der Waals surface area contributed by atoms with E-state index < -0.39 is 11.2 Å². The zero-order chi connectivity index (χ0) is 12.1. The van der Waals surface area contributed by atoms with Gasteiger partial charge >= 0.3 is 0 Å². The van der Waals surface area contributed by atoms with Crippen LogP contribution in [0, 0.1) is 0 Å². The molecule has 2 rings (SSSR count). The van der Waals surface area contributed by atoms with E-state index in [0.29, 0.717) is 10.8 Å². The summed E-state index contributed by atoms with van der Waals surface area (Å²) in [6.45, 7) is 0. The Morgan fingerprint density at radius 1 is 1.24 bits per heavy atom. The van der Waals surface area contributed by atoms with E-state index in [1.807, 2.05) is 47.2 Å². The second kappa shape index (κ2) is 6.26. The van der Waals surface area contributed by atoms with Crippen molar-refractivity contribution in [3.63, 3.8) is 0 Å². The molecule has 0 saturated heterocycles. The smallest absolute Gasteiger partial charge is 0.135 e. The Morgan fingerprint density at radius 2 is 2.00 bits per heavy atom. The van der Waals surface area contributed by atoms with Gasteiger partial charge in [-0.3, -0.25) is 0 Å². The summed E-state index contributed by atoms with van der Waals surface area (Å²) in [7, 11) is 0. The highest BCUT2D eigenvalue weighted by molar-refractivity contribution is 7.93. The highest BCUT2D eigenvalue weighted by Gasteiger charge is 2.03. The molecule has 0 aliphatic carbocycles. The molecule has 88 valence electrons. The van der Waals surface area contributed by atoms with Crippen LogP contribution in [0.5, 0.6) is 0 Å². The predicted molar refractivity (Wildman–Crippen MR) is 76.7 cm³/mol. The maximum Gasteiger partial charge on any atom is 0.135 e. The van der Waals surface area contributed by atoms with Crippen LogP contribution >= 0.6 is 22.9 Å². The van der Waals surface area contributed by atoms with Gasteiger partial charge in [0, 0.05) is 10.6 Å². The fourth-order valence-corrected chi connectivity index (χ4v) is 3.00. The first-order valence-electron chi connectivity index (χ1n) is 5.06. The molecule has 17 heavy (non-hydrogen) atoms. The fourth-order valence-electron chi connectivity index (χ4n) is 1.32. The van der Waals surface area contributed by atoms with E-state index in [-0.39, 0.29) is 0 Å². The van der Waals surface area contributed by atoms with Gasteiger partial charge in [-0.15, -0.1) is 0 Å². The summed E-state index contributed by atoms with van der Waals surface area (Å²) in [5, 5.41) is 6.46. The largest absolute Gasteiger partial charge is 0.612 e. The average Bonchev–Trinajstić information content (AvgIpc) is 2.83. The van der Waals surface area contributed by atoms with Gasteiger partial charge in [0.05, 0.1) is 0 Å². The molecule has 4 heteroatoms. The van der Waals surface area contributed by atoms with Gasteiger partial charge in [-0.05, 0) is 51.8 Å². The molecule has 0 fully saturated rings. The van der Waals surface area contributed by atoms with Crippen LogP contribution in [0.15, 0.2) is 46.5 Å². The number of thiophene rings is 1. The van der Waals surface area contributed by atoms with Crippen LogP contribution in [0.3, 0.4) is 0 Å². The van der Waals surface area contributed by atoms with Gasteiger partial charge in [-0.1, -0.05) is 23.7 Å². The summed E-state index contributed by atoms with van der Waals surface area (Å²) >= 11 is 6.44. The molecule has 0 radical (unpaired) electrons. The maximum atomic E-state index is 11.8. The van der Waals surface area contributed by atoms with Crippen molar-refractivity contribution in [1.82, 2.24) is 0 Å². The van der Waals surface area contributed by atoms with E-state index in [0.717, 1.165) is 11.1 Å². The lowest BCUT2D eigenvalue weighted by Gasteiger charge is -2.05.